The Morgan fingerprint density at radius 2 is 1.94 bits per heavy atom. The van der Waals surface area contributed by atoms with E-state index in [-0.39, 0.29) is 11.6 Å². The zero-order valence-electron chi connectivity index (χ0n) is 21.6. The number of nitrogens with zero attached hydrogens (tertiary/aromatic N) is 2. The summed E-state index contributed by atoms with van der Waals surface area (Å²) in [5.41, 5.74) is 6.95. The Morgan fingerprint density at radius 1 is 1.19 bits per heavy atom. The molecule has 0 atom stereocenters. The molecule has 0 saturated heterocycles. The highest BCUT2D eigenvalue weighted by Crippen LogP contribution is 2.45. The summed E-state index contributed by atoms with van der Waals surface area (Å²) in [5.74, 6) is -0.437. The number of unbranched alkanes of at least 4 members (excludes halogenated alkanes) is 1. The van der Waals surface area contributed by atoms with Gasteiger partial charge in [-0.25, -0.2) is 14.4 Å². The van der Waals surface area contributed by atoms with E-state index in [0.717, 1.165) is 57.1 Å². The fourth-order valence-corrected chi connectivity index (χ4v) is 5.48. The van der Waals surface area contributed by atoms with E-state index >= 15 is 4.39 Å². The molecular formula is C31H31FN2OS. The first-order chi connectivity index (χ1) is 17.3. The summed E-state index contributed by atoms with van der Waals surface area (Å²) in [6.45, 7) is 16.5. The highest BCUT2D eigenvalue weighted by molar-refractivity contribution is 7.98. The van der Waals surface area contributed by atoms with Crippen LogP contribution in [0.2, 0.25) is 0 Å². The highest BCUT2D eigenvalue weighted by atomic mass is 32.2. The number of hydrogen-bond donors (Lipinski definition) is 0. The molecule has 0 amide bonds. The van der Waals surface area contributed by atoms with Gasteiger partial charge in [0.1, 0.15) is 11.5 Å². The van der Waals surface area contributed by atoms with E-state index in [1.807, 2.05) is 39.2 Å². The van der Waals surface area contributed by atoms with Crippen LogP contribution < -0.4 is 0 Å². The monoisotopic (exact) mass is 498 g/mol. The number of rotatable bonds is 8. The number of Topliss-reactive ketones (excluding diaryl/α,β-unsaturated/α-hetero) is 1. The molecule has 0 radical (unpaired) electrons. The van der Waals surface area contributed by atoms with Gasteiger partial charge < -0.3 is 0 Å². The maximum atomic E-state index is 15.0. The maximum absolute atomic E-state index is 15.0. The second-order valence-corrected chi connectivity index (χ2v) is 9.74. The van der Waals surface area contributed by atoms with E-state index in [4.69, 9.17) is 0 Å². The lowest BCUT2D eigenvalue weighted by molar-refractivity contribution is 0.103. The fraction of sp³-hybridized carbons (Fsp3) is 0.258. The minimum Gasteiger partial charge on any atom is -0.287 e. The van der Waals surface area contributed by atoms with Crippen LogP contribution in [0.4, 0.5) is 4.39 Å². The zero-order chi connectivity index (χ0) is 26.1. The molecule has 0 N–H and O–H groups in total. The summed E-state index contributed by atoms with van der Waals surface area (Å²) >= 11 is 1.41. The number of allylic oxidation sites excluding steroid dienone is 5. The van der Waals surface area contributed by atoms with Gasteiger partial charge in [-0.2, -0.15) is 0 Å². The molecule has 184 valence electrons. The molecule has 3 aromatic rings. The third kappa shape index (κ3) is 4.16. The second kappa shape index (κ2) is 10.4. The van der Waals surface area contributed by atoms with Gasteiger partial charge in [0.05, 0.1) is 5.69 Å². The molecule has 1 aliphatic rings. The molecule has 0 bridgehead atoms. The Balaban J connectivity index is 2.09. The van der Waals surface area contributed by atoms with Crippen LogP contribution in [0, 0.1) is 19.7 Å². The molecule has 4 rings (SSSR count). The third-order valence-electron chi connectivity index (χ3n) is 6.74. The largest absolute Gasteiger partial charge is 0.287 e. The standard InChI is InChI=1S/C31H31FN2OS/c1-8-11-12-13-23-26(30(35)29-27(23)19(6)33-31(34-29)36-7)18(5)25-21(9-2)17(4)16-20-14-15-24(32)22(10-3)28(20)25/h9,12-16H,2,5,8,10-11H2,1,3-4,6-7H3/b13-12-. The van der Waals surface area contributed by atoms with Gasteiger partial charge in [-0.1, -0.05) is 75.5 Å². The topological polar surface area (TPSA) is 42.9 Å². The molecule has 0 spiro atoms. The minimum atomic E-state index is -0.262. The summed E-state index contributed by atoms with van der Waals surface area (Å²) in [4.78, 5) is 23.2. The lowest BCUT2D eigenvalue weighted by Gasteiger charge is -2.20. The fourth-order valence-electron chi connectivity index (χ4n) is 5.07. The average molecular weight is 499 g/mol. The molecule has 36 heavy (non-hydrogen) atoms. The van der Waals surface area contributed by atoms with Crippen molar-refractivity contribution in [3.05, 3.63) is 94.1 Å². The summed E-state index contributed by atoms with van der Waals surface area (Å²) in [7, 11) is 0. The Kier molecular flexibility index (Phi) is 7.41. The Morgan fingerprint density at radius 3 is 2.58 bits per heavy atom. The summed E-state index contributed by atoms with van der Waals surface area (Å²) in [6.07, 6.45) is 10.1. The highest BCUT2D eigenvalue weighted by Gasteiger charge is 2.35. The predicted octanol–water partition coefficient (Wildman–Crippen LogP) is 8.33. The average Bonchev–Trinajstić information content (AvgIpc) is 3.14. The van der Waals surface area contributed by atoms with Crippen molar-refractivity contribution in [2.75, 3.05) is 6.26 Å². The van der Waals surface area contributed by atoms with Crippen molar-refractivity contribution in [2.45, 2.75) is 52.1 Å². The number of ketones is 1. The molecule has 0 fully saturated rings. The van der Waals surface area contributed by atoms with E-state index in [1.165, 1.54) is 17.8 Å². The molecular weight excluding hydrogens is 467 g/mol. The Bertz CT molecular complexity index is 1500. The van der Waals surface area contributed by atoms with Crippen molar-refractivity contribution in [3.8, 4) is 0 Å². The van der Waals surface area contributed by atoms with Crippen molar-refractivity contribution in [3.63, 3.8) is 0 Å². The molecule has 1 heterocycles. The molecule has 0 saturated carbocycles. The van der Waals surface area contributed by atoms with Gasteiger partial charge in [0, 0.05) is 11.1 Å². The molecule has 2 aromatic carbocycles. The van der Waals surface area contributed by atoms with Crippen molar-refractivity contribution in [1.82, 2.24) is 9.97 Å². The first-order valence-corrected chi connectivity index (χ1v) is 13.5. The number of benzene rings is 2. The van der Waals surface area contributed by atoms with Crippen LogP contribution in [0.3, 0.4) is 0 Å². The lowest BCUT2D eigenvalue weighted by Crippen LogP contribution is -2.07. The maximum Gasteiger partial charge on any atom is 0.213 e. The van der Waals surface area contributed by atoms with Crippen LogP contribution in [0.25, 0.3) is 28.0 Å². The predicted molar refractivity (Wildman–Crippen MR) is 151 cm³/mol. The molecule has 1 aromatic heterocycles. The van der Waals surface area contributed by atoms with Crippen LogP contribution in [-0.4, -0.2) is 22.0 Å². The van der Waals surface area contributed by atoms with E-state index in [0.29, 0.717) is 34.0 Å². The quantitative estimate of drug-likeness (QED) is 0.231. The molecule has 0 aliphatic heterocycles. The van der Waals surface area contributed by atoms with Gasteiger partial charge >= 0.3 is 0 Å². The summed E-state index contributed by atoms with van der Waals surface area (Å²) < 4.78 is 15.0. The van der Waals surface area contributed by atoms with E-state index in [2.05, 4.69) is 36.1 Å². The molecule has 1 aliphatic carbocycles. The van der Waals surface area contributed by atoms with Crippen molar-refractivity contribution < 1.29 is 9.18 Å². The van der Waals surface area contributed by atoms with Crippen LogP contribution >= 0.6 is 11.8 Å². The van der Waals surface area contributed by atoms with Gasteiger partial charge in [0.2, 0.25) is 5.78 Å². The van der Waals surface area contributed by atoms with Crippen LogP contribution in [0.1, 0.15) is 70.7 Å². The first kappa shape index (κ1) is 25.8. The SMILES string of the molecule is C=Cc1c(C)cc2ccc(F)c(CC)c2c1C(=C)C1=C(/C=C\CCC)c2c(C)nc(SC)nc2C1=O. The zero-order valence-corrected chi connectivity index (χ0v) is 22.4. The molecule has 3 nitrogen and oxygen atoms in total. The Labute approximate surface area is 216 Å². The third-order valence-corrected chi connectivity index (χ3v) is 7.29. The van der Waals surface area contributed by atoms with Crippen LogP contribution in [0.15, 0.2) is 54.2 Å². The number of fused-ring (bicyclic) bond motifs is 2. The lowest BCUT2D eigenvalue weighted by atomic mass is 9.83. The van der Waals surface area contributed by atoms with Gasteiger partial charge in [-0.15, -0.1) is 0 Å². The molecule has 0 unspecified atom stereocenters. The van der Waals surface area contributed by atoms with Gasteiger partial charge in [0.15, 0.2) is 5.16 Å². The number of aryl methyl sites for hydroxylation is 3. The van der Waals surface area contributed by atoms with Crippen molar-refractivity contribution >= 4 is 45.5 Å². The van der Waals surface area contributed by atoms with E-state index in [1.54, 1.807) is 12.1 Å². The minimum absolute atomic E-state index is 0.175. The smallest absolute Gasteiger partial charge is 0.213 e. The number of carbonyl (C=O) groups excluding carboxylic acids is 1. The first-order valence-electron chi connectivity index (χ1n) is 12.2. The van der Waals surface area contributed by atoms with Gasteiger partial charge in [0.25, 0.3) is 0 Å². The molecule has 5 heteroatoms. The number of hydrogen-bond acceptors (Lipinski definition) is 4. The summed E-state index contributed by atoms with van der Waals surface area (Å²) in [5, 5.41) is 2.26. The van der Waals surface area contributed by atoms with Gasteiger partial charge in [-0.05, 0) is 83.2 Å². The number of carbonyl (C=O) groups is 1. The van der Waals surface area contributed by atoms with Crippen molar-refractivity contribution in [2.24, 2.45) is 0 Å². The second-order valence-electron chi connectivity index (χ2n) is 8.97. The van der Waals surface area contributed by atoms with Crippen LogP contribution in [-0.2, 0) is 6.42 Å². The number of thioether (sulfide) groups is 1. The summed E-state index contributed by atoms with van der Waals surface area (Å²) in [6, 6.07) is 5.35. The van der Waals surface area contributed by atoms with Crippen LogP contribution in [0.5, 0.6) is 0 Å². The number of halogens is 1. The van der Waals surface area contributed by atoms with Gasteiger partial charge in [-0.3, -0.25) is 4.79 Å². The number of aromatic nitrogens is 2. The van der Waals surface area contributed by atoms with E-state index < -0.39 is 0 Å². The Hall–Kier alpha value is -3.31. The van der Waals surface area contributed by atoms with Crippen molar-refractivity contribution in [1.29, 1.82) is 0 Å². The van der Waals surface area contributed by atoms with E-state index in [9.17, 15) is 4.79 Å². The normalized spacial score (nSPS) is 13.2.